The standard InChI is InChI=1S/C15H20N2O2/c1-4-11-19-15(18)13-7-5-8-14(12-13)16-9-6-10-17(2)3/h1,5,7-8,12,16H,6,9-11H2,2-3H3. The van der Waals surface area contributed by atoms with Gasteiger partial charge in [0.15, 0.2) is 6.61 Å². The summed E-state index contributed by atoms with van der Waals surface area (Å²) < 4.78 is 4.88. The van der Waals surface area contributed by atoms with Crippen molar-refractivity contribution in [3.05, 3.63) is 29.8 Å². The number of esters is 1. The zero-order chi connectivity index (χ0) is 14.1. The Balaban J connectivity index is 2.48. The number of hydrogen-bond donors (Lipinski definition) is 1. The van der Waals surface area contributed by atoms with E-state index in [1.807, 2.05) is 26.2 Å². The summed E-state index contributed by atoms with van der Waals surface area (Å²) in [7, 11) is 4.09. The lowest BCUT2D eigenvalue weighted by atomic mass is 10.2. The minimum absolute atomic E-state index is 0.000670. The van der Waals surface area contributed by atoms with Gasteiger partial charge >= 0.3 is 5.97 Å². The minimum atomic E-state index is -0.394. The number of hydrogen-bond acceptors (Lipinski definition) is 4. The van der Waals surface area contributed by atoms with Crippen LogP contribution in [0, 0.1) is 12.3 Å². The summed E-state index contributed by atoms with van der Waals surface area (Å²) in [6.07, 6.45) is 6.09. The van der Waals surface area contributed by atoms with Crippen LogP contribution in [0.5, 0.6) is 0 Å². The Labute approximate surface area is 114 Å². The lowest BCUT2D eigenvalue weighted by Crippen LogP contribution is -2.16. The van der Waals surface area contributed by atoms with E-state index in [9.17, 15) is 4.79 Å². The Morgan fingerprint density at radius 3 is 2.95 bits per heavy atom. The van der Waals surface area contributed by atoms with Crippen molar-refractivity contribution in [1.29, 1.82) is 0 Å². The van der Waals surface area contributed by atoms with Crippen molar-refractivity contribution in [2.24, 2.45) is 0 Å². The number of terminal acetylenes is 1. The largest absolute Gasteiger partial charge is 0.449 e. The monoisotopic (exact) mass is 260 g/mol. The van der Waals surface area contributed by atoms with Gasteiger partial charge in [0.1, 0.15) is 0 Å². The highest BCUT2D eigenvalue weighted by molar-refractivity contribution is 5.90. The molecule has 4 nitrogen and oxygen atoms in total. The van der Waals surface area contributed by atoms with Crippen LogP contribution in [0.4, 0.5) is 5.69 Å². The van der Waals surface area contributed by atoms with E-state index < -0.39 is 5.97 Å². The smallest absolute Gasteiger partial charge is 0.339 e. The summed E-state index contributed by atoms with van der Waals surface area (Å²) in [4.78, 5) is 13.8. The van der Waals surface area contributed by atoms with Crippen LogP contribution in [0.15, 0.2) is 24.3 Å². The predicted molar refractivity (Wildman–Crippen MR) is 77.2 cm³/mol. The van der Waals surface area contributed by atoms with Crippen LogP contribution in [0.25, 0.3) is 0 Å². The fraction of sp³-hybridized carbons (Fsp3) is 0.400. The van der Waals surface area contributed by atoms with Gasteiger partial charge in [0, 0.05) is 12.2 Å². The first kappa shape index (κ1) is 15.1. The molecule has 1 aromatic rings. The van der Waals surface area contributed by atoms with Crippen molar-refractivity contribution < 1.29 is 9.53 Å². The maximum atomic E-state index is 11.6. The average Bonchev–Trinajstić information content (AvgIpc) is 2.41. The van der Waals surface area contributed by atoms with Gasteiger partial charge in [-0.3, -0.25) is 0 Å². The first-order chi connectivity index (χ1) is 9.13. The summed E-state index contributed by atoms with van der Waals surface area (Å²) in [5.74, 6) is 1.88. The van der Waals surface area contributed by atoms with Crippen LogP contribution < -0.4 is 5.32 Å². The molecule has 0 amide bonds. The molecular formula is C15H20N2O2. The number of carbonyl (C=O) groups excluding carboxylic acids is 1. The zero-order valence-corrected chi connectivity index (χ0v) is 11.5. The molecule has 1 rings (SSSR count). The molecule has 0 radical (unpaired) electrons. The second kappa shape index (κ2) is 8.17. The van der Waals surface area contributed by atoms with Crippen molar-refractivity contribution in [2.75, 3.05) is 39.1 Å². The molecule has 0 bridgehead atoms. The van der Waals surface area contributed by atoms with E-state index in [-0.39, 0.29) is 6.61 Å². The summed E-state index contributed by atoms with van der Waals surface area (Å²) in [6.45, 7) is 1.89. The van der Waals surface area contributed by atoms with Crippen molar-refractivity contribution >= 4 is 11.7 Å². The summed E-state index contributed by atoms with van der Waals surface area (Å²) in [5, 5.41) is 3.28. The van der Waals surface area contributed by atoms with E-state index in [1.54, 1.807) is 12.1 Å². The lowest BCUT2D eigenvalue weighted by molar-refractivity contribution is 0.0557. The van der Waals surface area contributed by atoms with Gasteiger partial charge in [0.05, 0.1) is 5.56 Å². The Morgan fingerprint density at radius 2 is 2.26 bits per heavy atom. The molecule has 0 aliphatic carbocycles. The number of benzene rings is 1. The number of nitrogens with zero attached hydrogens (tertiary/aromatic N) is 1. The van der Waals surface area contributed by atoms with E-state index in [0.717, 1.165) is 25.2 Å². The van der Waals surface area contributed by atoms with Gasteiger partial charge in [-0.25, -0.2) is 4.79 Å². The summed E-state index contributed by atoms with van der Waals surface area (Å²) >= 11 is 0. The van der Waals surface area contributed by atoms with E-state index in [4.69, 9.17) is 11.2 Å². The Bertz CT molecular complexity index is 450. The highest BCUT2D eigenvalue weighted by atomic mass is 16.5. The molecule has 0 atom stereocenters. The molecule has 102 valence electrons. The molecule has 0 saturated carbocycles. The summed E-state index contributed by atoms with van der Waals surface area (Å²) in [6, 6.07) is 7.23. The van der Waals surface area contributed by atoms with Crippen LogP contribution >= 0.6 is 0 Å². The van der Waals surface area contributed by atoms with Gasteiger partial charge in [-0.05, 0) is 45.3 Å². The predicted octanol–water partition coefficient (Wildman–Crippen LogP) is 1.84. The van der Waals surface area contributed by atoms with Crippen molar-refractivity contribution in [3.63, 3.8) is 0 Å². The van der Waals surface area contributed by atoms with Gasteiger partial charge in [-0.15, -0.1) is 6.42 Å². The third-order valence-electron chi connectivity index (χ3n) is 2.50. The topological polar surface area (TPSA) is 41.6 Å². The maximum absolute atomic E-state index is 11.6. The molecule has 0 aliphatic heterocycles. The third-order valence-corrected chi connectivity index (χ3v) is 2.50. The van der Waals surface area contributed by atoms with Crippen LogP contribution in [0.2, 0.25) is 0 Å². The second-order valence-corrected chi connectivity index (χ2v) is 4.44. The first-order valence-electron chi connectivity index (χ1n) is 6.22. The van der Waals surface area contributed by atoms with E-state index in [2.05, 4.69) is 16.1 Å². The normalized spacial score (nSPS) is 10.0. The molecule has 19 heavy (non-hydrogen) atoms. The highest BCUT2D eigenvalue weighted by Gasteiger charge is 2.06. The molecule has 0 spiro atoms. The number of ether oxygens (including phenoxy) is 1. The van der Waals surface area contributed by atoms with Gasteiger partial charge in [-0.1, -0.05) is 12.0 Å². The van der Waals surface area contributed by atoms with E-state index >= 15 is 0 Å². The fourth-order valence-electron chi connectivity index (χ4n) is 1.57. The zero-order valence-electron chi connectivity index (χ0n) is 11.5. The fourth-order valence-corrected chi connectivity index (χ4v) is 1.57. The molecule has 0 saturated heterocycles. The number of anilines is 1. The van der Waals surface area contributed by atoms with Gasteiger partial charge in [0.2, 0.25) is 0 Å². The number of rotatable bonds is 7. The molecule has 0 aromatic heterocycles. The van der Waals surface area contributed by atoms with Gasteiger partial charge in [-0.2, -0.15) is 0 Å². The Hall–Kier alpha value is -1.99. The SMILES string of the molecule is C#CCOC(=O)c1cccc(NCCCN(C)C)c1. The van der Waals surface area contributed by atoms with Crippen molar-refractivity contribution in [1.82, 2.24) is 4.90 Å². The van der Waals surface area contributed by atoms with Crippen LogP contribution in [0.3, 0.4) is 0 Å². The first-order valence-corrected chi connectivity index (χ1v) is 6.22. The Kier molecular flexibility index (Phi) is 6.48. The van der Waals surface area contributed by atoms with Crippen molar-refractivity contribution in [3.8, 4) is 12.3 Å². The summed E-state index contributed by atoms with van der Waals surface area (Å²) in [5.41, 5.74) is 1.42. The van der Waals surface area contributed by atoms with E-state index in [1.165, 1.54) is 0 Å². The molecule has 0 aliphatic rings. The molecular weight excluding hydrogens is 240 g/mol. The van der Waals surface area contributed by atoms with Crippen molar-refractivity contribution in [2.45, 2.75) is 6.42 Å². The number of nitrogens with one attached hydrogen (secondary N) is 1. The molecule has 4 heteroatoms. The molecule has 0 heterocycles. The van der Waals surface area contributed by atoms with Gasteiger partial charge in [0.25, 0.3) is 0 Å². The van der Waals surface area contributed by atoms with E-state index in [0.29, 0.717) is 5.56 Å². The average molecular weight is 260 g/mol. The Morgan fingerprint density at radius 1 is 1.47 bits per heavy atom. The molecule has 1 aromatic carbocycles. The maximum Gasteiger partial charge on any atom is 0.339 e. The highest BCUT2D eigenvalue weighted by Crippen LogP contribution is 2.11. The van der Waals surface area contributed by atoms with Crippen LogP contribution in [0.1, 0.15) is 16.8 Å². The number of carbonyl (C=O) groups is 1. The lowest BCUT2D eigenvalue weighted by Gasteiger charge is -2.11. The quantitative estimate of drug-likeness (QED) is 0.461. The molecule has 0 fully saturated rings. The van der Waals surface area contributed by atoms with Crippen LogP contribution in [-0.4, -0.2) is 44.7 Å². The van der Waals surface area contributed by atoms with Gasteiger partial charge < -0.3 is 15.0 Å². The van der Waals surface area contributed by atoms with Crippen LogP contribution in [-0.2, 0) is 4.74 Å². The second-order valence-electron chi connectivity index (χ2n) is 4.44. The molecule has 1 N–H and O–H groups in total. The third kappa shape index (κ3) is 5.94. The molecule has 0 unspecified atom stereocenters. The minimum Gasteiger partial charge on any atom is -0.449 e.